The first kappa shape index (κ1) is 20.6. The monoisotopic (exact) mass is 391 g/mol. The van der Waals surface area contributed by atoms with Crippen LogP contribution in [0.5, 0.6) is 0 Å². The average molecular weight is 391 g/mol. The Bertz CT molecular complexity index is 742. The van der Waals surface area contributed by atoms with Crippen LogP contribution in [-0.2, 0) is 9.53 Å². The zero-order valence-corrected chi connectivity index (χ0v) is 16.7. The molecule has 0 unspecified atom stereocenters. The van der Waals surface area contributed by atoms with Gasteiger partial charge in [0.15, 0.2) is 0 Å². The molecule has 2 atom stereocenters. The van der Waals surface area contributed by atoms with Crippen molar-refractivity contribution in [3.63, 3.8) is 0 Å². The number of nitrogens with one attached hydrogen (secondary N) is 1. The Hall–Kier alpha value is -2.10. The number of aryl methyl sites for hydroxylation is 2. The van der Waals surface area contributed by atoms with E-state index in [4.69, 9.17) is 10.5 Å². The van der Waals surface area contributed by atoms with Crippen LogP contribution in [-0.4, -0.2) is 75.3 Å². The van der Waals surface area contributed by atoms with Crippen molar-refractivity contribution < 1.29 is 19.4 Å². The second kappa shape index (κ2) is 7.73. The van der Waals surface area contributed by atoms with Crippen molar-refractivity contribution in [2.24, 2.45) is 5.73 Å². The lowest BCUT2D eigenvalue weighted by molar-refractivity contribution is -0.205. The number of primary amides is 1. The average Bonchev–Trinajstić information content (AvgIpc) is 2.60. The van der Waals surface area contributed by atoms with Gasteiger partial charge < -0.3 is 20.9 Å². The highest BCUT2D eigenvalue weighted by molar-refractivity contribution is 5.93. The van der Waals surface area contributed by atoms with Crippen LogP contribution in [0.3, 0.4) is 0 Å². The summed E-state index contributed by atoms with van der Waals surface area (Å²) in [6.07, 6.45) is 0.755. The number of aliphatic hydroxyl groups excluding tert-OH is 1. The van der Waals surface area contributed by atoms with Crippen molar-refractivity contribution in [3.8, 4) is 0 Å². The summed E-state index contributed by atoms with van der Waals surface area (Å²) in [5.74, 6) is -0.173. The van der Waals surface area contributed by atoms with Crippen LogP contribution in [0.4, 0.5) is 0 Å². The molecule has 1 spiro atoms. The molecule has 2 saturated heterocycles. The van der Waals surface area contributed by atoms with E-state index in [1.807, 2.05) is 18.7 Å². The molecule has 2 fully saturated rings. The van der Waals surface area contributed by atoms with Gasteiger partial charge in [0.2, 0.25) is 5.91 Å². The zero-order valence-electron chi connectivity index (χ0n) is 16.7. The van der Waals surface area contributed by atoms with Gasteiger partial charge in [0, 0.05) is 25.4 Å². The van der Waals surface area contributed by atoms with Crippen LogP contribution in [0.2, 0.25) is 0 Å². The molecular formula is C19H29N5O4. The smallest absolute Gasteiger partial charge is 0.270 e. The molecule has 9 nitrogen and oxygen atoms in total. The van der Waals surface area contributed by atoms with Crippen LogP contribution in [0.25, 0.3) is 0 Å². The van der Waals surface area contributed by atoms with Crippen molar-refractivity contribution >= 4 is 11.8 Å². The number of hydrogen-bond donors (Lipinski definition) is 3. The zero-order chi connectivity index (χ0) is 20.5. The van der Waals surface area contributed by atoms with Gasteiger partial charge in [-0.05, 0) is 46.1 Å². The first-order valence-corrected chi connectivity index (χ1v) is 9.61. The third kappa shape index (κ3) is 4.16. The van der Waals surface area contributed by atoms with Gasteiger partial charge in [-0.3, -0.25) is 14.5 Å². The minimum absolute atomic E-state index is 0.201. The normalized spacial score (nSPS) is 27.5. The van der Waals surface area contributed by atoms with Gasteiger partial charge in [0.05, 0.1) is 17.7 Å². The highest BCUT2D eigenvalue weighted by Crippen LogP contribution is 2.40. The van der Waals surface area contributed by atoms with E-state index in [-0.39, 0.29) is 24.1 Å². The minimum atomic E-state index is -0.877. The molecule has 0 radical (unpaired) electrons. The summed E-state index contributed by atoms with van der Waals surface area (Å²) >= 11 is 0. The number of hydrogen-bond acceptors (Lipinski definition) is 7. The Kier molecular flexibility index (Phi) is 5.69. The summed E-state index contributed by atoms with van der Waals surface area (Å²) in [5, 5.41) is 14.2. The van der Waals surface area contributed by atoms with Gasteiger partial charge in [0.1, 0.15) is 17.6 Å². The Morgan fingerprint density at radius 2 is 2.00 bits per heavy atom. The Balaban J connectivity index is 1.73. The van der Waals surface area contributed by atoms with Crippen LogP contribution in [0, 0.1) is 13.8 Å². The molecule has 154 valence electrons. The number of ether oxygens (including phenoxy) is 1. The quantitative estimate of drug-likeness (QED) is 0.641. The number of likely N-dealkylation sites (tertiary alicyclic amines) is 1. The van der Waals surface area contributed by atoms with Gasteiger partial charge in [-0.1, -0.05) is 0 Å². The first-order chi connectivity index (χ1) is 13.1. The number of carbonyl (C=O) groups is 2. The predicted octanol–water partition coefficient (Wildman–Crippen LogP) is -0.317. The van der Waals surface area contributed by atoms with Crippen molar-refractivity contribution in [2.75, 3.05) is 26.2 Å². The number of nitrogens with zero attached hydrogens (tertiary/aromatic N) is 3. The number of amides is 2. The Morgan fingerprint density at radius 1 is 1.32 bits per heavy atom. The number of aliphatic hydroxyl groups is 1. The first-order valence-electron chi connectivity index (χ1n) is 9.61. The molecular weight excluding hydrogens is 362 g/mol. The van der Waals surface area contributed by atoms with Gasteiger partial charge in [-0.25, -0.2) is 9.97 Å². The molecule has 2 amide bonds. The fourth-order valence-corrected chi connectivity index (χ4v) is 4.28. The van der Waals surface area contributed by atoms with Gasteiger partial charge >= 0.3 is 0 Å². The maximum Gasteiger partial charge on any atom is 0.270 e. The molecule has 1 aromatic heterocycles. The molecule has 28 heavy (non-hydrogen) atoms. The van der Waals surface area contributed by atoms with E-state index in [2.05, 4.69) is 15.3 Å². The number of nitrogens with two attached hydrogens (primary N) is 1. The summed E-state index contributed by atoms with van der Waals surface area (Å²) < 4.78 is 6.02. The van der Waals surface area contributed by atoms with Gasteiger partial charge in [-0.2, -0.15) is 0 Å². The van der Waals surface area contributed by atoms with E-state index < -0.39 is 17.2 Å². The number of piperidine rings is 1. The van der Waals surface area contributed by atoms with Crippen LogP contribution in [0.1, 0.15) is 48.2 Å². The van der Waals surface area contributed by atoms with Crippen molar-refractivity contribution in [2.45, 2.75) is 57.3 Å². The summed E-state index contributed by atoms with van der Waals surface area (Å²) in [4.78, 5) is 34.3. The second-order valence-electron chi connectivity index (χ2n) is 8.12. The SMILES string of the molecule is Cc1cc(C(=O)N[C@]2(C)CCOC3(CCN(CC(N)=O)CC3)[C@H]2O)nc(C)n1. The lowest BCUT2D eigenvalue weighted by Gasteiger charge is -2.53. The largest absolute Gasteiger partial charge is 0.388 e. The predicted molar refractivity (Wildman–Crippen MR) is 102 cm³/mol. The maximum atomic E-state index is 12.8. The highest BCUT2D eigenvalue weighted by atomic mass is 16.5. The highest BCUT2D eigenvalue weighted by Gasteiger charge is 2.53. The van der Waals surface area contributed by atoms with Gasteiger partial charge in [-0.15, -0.1) is 0 Å². The molecule has 2 aliphatic rings. The van der Waals surface area contributed by atoms with Crippen LogP contribution in [0.15, 0.2) is 6.07 Å². The second-order valence-corrected chi connectivity index (χ2v) is 8.12. The molecule has 4 N–H and O–H groups in total. The maximum absolute atomic E-state index is 12.8. The van der Waals surface area contributed by atoms with Crippen LogP contribution < -0.4 is 11.1 Å². The summed E-state index contributed by atoms with van der Waals surface area (Å²) in [7, 11) is 0. The van der Waals surface area contributed by atoms with E-state index in [1.54, 1.807) is 13.0 Å². The Morgan fingerprint density at radius 3 is 2.61 bits per heavy atom. The van der Waals surface area contributed by atoms with E-state index in [1.165, 1.54) is 0 Å². The van der Waals surface area contributed by atoms with Gasteiger partial charge in [0.25, 0.3) is 5.91 Å². The molecule has 0 aliphatic carbocycles. The lowest BCUT2D eigenvalue weighted by Crippen LogP contribution is -2.69. The fraction of sp³-hybridized carbons (Fsp3) is 0.684. The molecule has 3 rings (SSSR count). The number of aromatic nitrogens is 2. The minimum Gasteiger partial charge on any atom is -0.388 e. The molecule has 0 aromatic carbocycles. The number of carbonyl (C=O) groups excluding carboxylic acids is 2. The van der Waals surface area contributed by atoms with E-state index in [9.17, 15) is 14.7 Å². The molecule has 2 aliphatic heterocycles. The van der Waals surface area contributed by atoms with Crippen LogP contribution >= 0.6 is 0 Å². The van der Waals surface area contributed by atoms with E-state index in [0.29, 0.717) is 50.5 Å². The third-order valence-corrected chi connectivity index (χ3v) is 5.79. The fourth-order valence-electron chi connectivity index (χ4n) is 4.28. The third-order valence-electron chi connectivity index (χ3n) is 5.79. The summed E-state index contributed by atoms with van der Waals surface area (Å²) in [5.41, 5.74) is 4.70. The van der Waals surface area contributed by atoms with Crippen molar-refractivity contribution in [1.29, 1.82) is 0 Å². The summed E-state index contributed by atoms with van der Waals surface area (Å²) in [6, 6.07) is 1.63. The number of rotatable bonds is 4. The molecule has 0 saturated carbocycles. The topological polar surface area (TPSA) is 131 Å². The molecule has 1 aromatic rings. The lowest BCUT2D eigenvalue weighted by atomic mass is 9.73. The van der Waals surface area contributed by atoms with Crippen molar-refractivity contribution in [3.05, 3.63) is 23.3 Å². The molecule has 9 heteroatoms. The van der Waals surface area contributed by atoms with E-state index in [0.717, 1.165) is 0 Å². The molecule has 0 bridgehead atoms. The van der Waals surface area contributed by atoms with Crippen molar-refractivity contribution in [1.82, 2.24) is 20.2 Å². The van der Waals surface area contributed by atoms with E-state index >= 15 is 0 Å². The Labute approximate surface area is 164 Å². The molecule has 3 heterocycles. The summed E-state index contributed by atoms with van der Waals surface area (Å²) in [6.45, 7) is 7.24. The standard InChI is InChI=1S/C19H29N5O4/c1-12-10-14(22-13(2)21-12)16(26)23-18(3)6-9-28-19(17(18)27)4-7-24(8-5-19)11-15(20)25/h10,17,27H,4-9,11H2,1-3H3,(H2,20,25)(H,23,26)/t17-,18+/m0/s1.